The minimum absolute atomic E-state index is 0.607. The van der Waals surface area contributed by atoms with Crippen molar-refractivity contribution in [1.29, 1.82) is 0 Å². The smallest absolute Gasteiger partial charge is 0.0254 e. The van der Waals surface area contributed by atoms with Gasteiger partial charge >= 0.3 is 0 Å². The summed E-state index contributed by atoms with van der Waals surface area (Å²) in [4.78, 5) is 0. The summed E-state index contributed by atoms with van der Waals surface area (Å²) in [7, 11) is 0. The van der Waals surface area contributed by atoms with Crippen molar-refractivity contribution < 1.29 is 0 Å². The first-order valence-electron chi connectivity index (χ1n) is 4.10. The molecule has 4 bridgehead atoms. The molecule has 4 aliphatic rings. The minimum Gasteiger partial charge on any atom is -0.0833 e. The average molecular weight is 256 g/mol. The molecule has 4 rings (SSSR count). The molecule has 0 aromatic carbocycles. The topological polar surface area (TPSA) is 0 Å². The molecule has 4 aliphatic carbocycles. The van der Waals surface area contributed by atoms with Gasteiger partial charge in [-0.15, -0.1) is 0 Å². The predicted octanol–water partition coefficient (Wildman–Crippen LogP) is 2.92. The van der Waals surface area contributed by atoms with Gasteiger partial charge in [-0.05, 0) is 43.9 Å². The Hall–Kier alpha value is -0.0500. The molecule has 0 heterocycles. The van der Waals surface area contributed by atoms with Crippen molar-refractivity contribution >= 4 is 22.6 Å². The highest BCUT2D eigenvalue weighted by Gasteiger charge is 2.47. The lowest BCUT2D eigenvalue weighted by Gasteiger charge is -2.02. The van der Waals surface area contributed by atoms with Crippen LogP contribution in [0.5, 0.6) is 0 Å². The Kier molecular flexibility index (Phi) is 1.18. The Morgan fingerprint density at radius 2 is 1.55 bits per heavy atom. The molecule has 0 radical (unpaired) electrons. The van der Waals surface area contributed by atoms with Crippen LogP contribution in [0.15, 0.2) is 34.0 Å². The van der Waals surface area contributed by atoms with Crippen LogP contribution in [0.1, 0.15) is 0 Å². The lowest BCUT2D eigenvalue weighted by Crippen LogP contribution is -1.87. The highest BCUT2D eigenvalue weighted by Crippen LogP contribution is 2.54. The molecule has 1 heteroatoms. The first-order valence-corrected chi connectivity index (χ1v) is 5.18. The van der Waals surface area contributed by atoms with E-state index in [1.807, 2.05) is 0 Å². The normalized spacial score (nSPS) is 50.1. The summed E-state index contributed by atoms with van der Waals surface area (Å²) in [5.41, 5.74) is 0. The van der Waals surface area contributed by atoms with Crippen molar-refractivity contribution in [3.63, 3.8) is 0 Å². The fraction of sp³-hybridized carbons (Fsp3) is 0.400. The first-order chi connectivity index (χ1) is 5.36. The molecule has 0 spiro atoms. The Labute approximate surface area is 80.2 Å². The third-order valence-electron chi connectivity index (χ3n) is 2.94. The van der Waals surface area contributed by atoms with Crippen molar-refractivity contribution in [2.75, 3.05) is 0 Å². The third-order valence-corrected chi connectivity index (χ3v) is 4.02. The van der Waals surface area contributed by atoms with E-state index in [-0.39, 0.29) is 0 Å². The van der Waals surface area contributed by atoms with E-state index in [0.717, 1.165) is 17.8 Å². The van der Waals surface area contributed by atoms with Crippen molar-refractivity contribution in [1.82, 2.24) is 0 Å². The van der Waals surface area contributed by atoms with Crippen LogP contribution in [-0.2, 0) is 0 Å². The molecule has 2 unspecified atom stereocenters. The van der Waals surface area contributed by atoms with Crippen molar-refractivity contribution in [3.8, 4) is 0 Å². The number of hydrogen-bond donors (Lipinski definition) is 0. The molecular formula is C10H9I. The van der Waals surface area contributed by atoms with Crippen LogP contribution in [0.25, 0.3) is 0 Å². The van der Waals surface area contributed by atoms with Crippen LogP contribution >= 0.6 is 22.6 Å². The summed E-state index contributed by atoms with van der Waals surface area (Å²) in [6, 6.07) is 0. The fourth-order valence-corrected chi connectivity index (χ4v) is 2.99. The fourth-order valence-electron chi connectivity index (χ4n) is 2.16. The van der Waals surface area contributed by atoms with Gasteiger partial charge in [0.1, 0.15) is 0 Å². The van der Waals surface area contributed by atoms with Crippen LogP contribution in [0.3, 0.4) is 0 Å². The molecule has 1 saturated carbocycles. The van der Waals surface area contributed by atoms with Crippen LogP contribution in [0.4, 0.5) is 0 Å². The van der Waals surface area contributed by atoms with E-state index in [0.29, 0.717) is 5.92 Å². The van der Waals surface area contributed by atoms with Crippen molar-refractivity contribution in [2.24, 2.45) is 23.7 Å². The maximum atomic E-state index is 2.47. The molecule has 1 fully saturated rings. The van der Waals surface area contributed by atoms with Gasteiger partial charge in [-0.3, -0.25) is 0 Å². The maximum Gasteiger partial charge on any atom is 0.0254 e. The minimum atomic E-state index is 0.607. The van der Waals surface area contributed by atoms with Crippen LogP contribution in [-0.4, -0.2) is 0 Å². The molecule has 0 saturated heterocycles. The second-order valence-corrected chi connectivity index (χ2v) is 4.82. The highest BCUT2D eigenvalue weighted by molar-refractivity contribution is 14.1. The van der Waals surface area contributed by atoms with E-state index in [4.69, 9.17) is 0 Å². The van der Waals surface area contributed by atoms with E-state index >= 15 is 0 Å². The zero-order valence-electron chi connectivity index (χ0n) is 6.07. The molecule has 0 aromatic heterocycles. The van der Waals surface area contributed by atoms with E-state index in [1.54, 1.807) is 0 Å². The van der Waals surface area contributed by atoms with Crippen molar-refractivity contribution in [2.45, 2.75) is 0 Å². The van der Waals surface area contributed by atoms with E-state index in [9.17, 15) is 0 Å². The SMILES string of the molecule is IC1=CC2C3C=CC1C=CC32. The summed E-state index contributed by atoms with van der Waals surface area (Å²) in [5.74, 6) is 3.16. The largest absolute Gasteiger partial charge is 0.0833 e. The van der Waals surface area contributed by atoms with E-state index < -0.39 is 0 Å². The number of hydrogen-bond acceptors (Lipinski definition) is 0. The van der Waals surface area contributed by atoms with Gasteiger partial charge in [-0.25, -0.2) is 0 Å². The second-order valence-electron chi connectivity index (χ2n) is 3.58. The summed E-state index contributed by atoms with van der Waals surface area (Å²) in [6.07, 6.45) is 12.0. The second kappa shape index (κ2) is 2.00. The van der Waals surface area contributed by atoms with Crippen LogP contribution in [0, 0.1) is 23.7 Å². The Bertz CT molecular complexity index is 265. The molecule has 0 aliphatic heterocycles. The lowest BCUT2D eigenvalue weighted by atomic mass is 10.1. The van der Waals surface area contributed by atoms with Gasteiger partial charge in [0.15, 0.2) is 0 Å². The summed E-state index contributed by atoms with van der Waals surface area (Å²) < 4.78 is 1.52. The molecule has 0 amide bonds. The molecule has 0 N–H and O–H groups in total. The zero-order chi connectivity index (χ0) is 7.42. The van der Waals surface area contributed by atoms with Gasteiger partial charge in [0.2, 0.25) is 0 Å². The van der Waals surface area contributed by atoms with Crippen LogP contribution < -0.4 is 0 Å². The Balaban J connectivity index is 2.17. The predicted molar refractivity (Wildman–Crippen MR) is 54.3 cm³/mol. The highest BCUT2D eigenvalue weighted by atomic mass is 127. The molecule has 0 nitrogen and oxygen atoms in total. The summed E-state index contributed by atoms with van der Waals surface area (Å²) in [5, 5.41) is 0. The van der Waals surface area contributed by atoms with Crippen molar-refractivity contribution in [3.05, 3.63) is 34.0 Å². The zero-order valence-corrected chi connectivity index (χ0v) is 8.23. The maximum absolute atomic E-state index is 2.47. The van der Waals surface area contributed by atoms with Gasteiger partial charge in [0, 0.05) is 5.92 Å². The molecular weight excluding hydrogens is 247 g/mol. The van der Waals surface area contributed by atoms with Gasteiger partial charge in [0.05, 0.1) is 0 Å². The Morgan fingerprint density at radius 1 is 0.909 bits per heavy atom. The first kappa shape index (κ1) is 6.46. The van der Waals surface area contributed by atoms with E-state index in [2.05, 4.69) is 53.0 Å². The molecule has 56 valence electrons. The monoisotopic (exact) mass is 256 g/mol. The van der Waals surface area contributed by atoms with Gasteiger partial charge in [0.25, 0.3) is 0 Å². The van der Waals surface area contributed by atoms with E-state index in [1.165, 1.54) is 3.58 Å². The Morgan fingerprint density at radius 3 is 2.18 bits per heavy atom. The standard InChI is InChI=1S/C10H9I/c11-10-5-9-7-3-1-6(10)2-4-8(7)9/h1-9H. The van der Waals surface area contributed by atoms with Crippen LogP contribution in [0.2, 0.25) is 0 Å². The number of halogens is 1. The number of allylic oxidation sites excluding steroid dienone is 6. The quantitative estimate of drug-likeness (QED) is 0.461. The van der Waals surface area contributed by atoms with Gasteiger partial charge in [-0.2, -0.15) is 0 Å². The van der Waals surface area contributed by atoms with Gasteiger partial charge < -0.3 is 0 Å². The average Bonchev–Trinajstić information content (AvgIpc) is 2.65. The lowest BCUT2D eigenvalue weighted by molar-refractivity contribution is 1.00. The third kappa shape index (κ3) is 0.805. The molecule has 11 heavy (non-hydrogen) atoms. The molecule has 2 atom stereocenters. The molecule has 0 aromatic rings. The summed E-state index contributed by atoms with van der Waals surface area (Å²) in [6.45, 7) is 0. The number of rotatable bonds is 0. The van der Waals surface area contributed by atoms with Gasteiger partial charge in [-0.1, -0.05) is 30.4 Å². The summed E-state index contributed by atoms with van der Waals surface area (Å²) >= 11 is 2.47.